The van der Waals surface area contributed by atoms with Crippen molar-refractivity contribution in [3.63, 3.8) is 0 Å². The number of ether oxygens (including phenoxy) is 2. The van der Waals surface area contributed by atoms with Crippen LogP contribution in [0.25, 0.3) is 11.3 Å². The number of methoxy groups -OCH3 is 1. The van der Waals surface area contributed by atoms with E-state index in [1.54, 1.807) is 56.0 Å². The molecule has 0 atom stereocenters. The standard InChI is InChI=1S/C17H13N3O3/c1-22-15-7-4-13(10-20-15)16-17(19-9-8-18-16)23-14-5-2-12(11-21)3-6-14/h2-11H,1H3. The van der Waals surface area contributed by atoms with Gasteiger partial charge in [-0.25, -0.2) is 15.0 Å². The molecule has 23 heavy (non-hydrogen) atoms. The predicted molar refractivity (Wildman–Crippen MR) is 83.7 cm³/mol. The van der Waals surface area contributed by atoms with E-state index in [0.29, 0.717) is 28.8 Å². The fourth-order valence-electron chi connectivity index (χ4n) is 1.97. The highest BCUT2D eigenvalue weighted by Gasteiger charge is 2.11. The molecule has 114 valence electrons. The lowest BCUT2D eigenvalue weighted by atomic mass is 10.2. The minimum atomic E-state index is 0.360. The highest BCUT2D eigenvalue weighted by atomic mass is 16.5. The number of pyridine rings is 1. The third kappa shape index (κ3) is 3.32. The van der Waals surface area contributed by atoms with Gasteiger partial charge in [0, 0.05) is 35.8 Å². The van der Waals surface area contributed by atoms with Gasteiger partial charge in [0.25, 0.3) is 0 Å². The van der Waals surface area contributed by atoms with E-state index in [1.807, 2.05) is 6.07 Å². The Hall–Kier alpha value is -3.28. The van der Waals surface area contributed by atoms with Crippen molar-refractivity contribution in [2.24, 2.45) is 0 Å². The van der Waals surface area contributed by atoms with Crippen molar-refractivity contribution in [2.45, 2.75) is 0 Å². The molecule has 0 aliphatic carbocycles. The fourth-order valence-corrected chi connectivity index (χ4v) is 1.97. The van der Waals surface area contributed by atoms with Crippen molar-refractivity contribution in [1.29, 1.82) is 0 Å². The molecule has 1 aromatic carbocycles. The van der Waals surface area contributed by atoms with E-state index in [0.717, 1.165) is 11.8 Å². The van der Waals surface area contributed by atoms with Gasteiger partial charge in [0.15, 0.2) is 0 Å². The van der Waals surface area contributed by atoms with E-state index >= 15 is 0 Å². The summed E-state index contributed by atoms with van der Waals surface area (Å²) < 4.78 is 10.8. The molecule has 0 fully saturated rings. The number of aldehydes is 1. The van der Waals surface area contributed by atoms with Gasteiger partial charge in [0.1, 0.15) is 17.7 Å². The quantitative estimate of drug-likeness (QED) is 0.674. The Morgan fingerprint density at radius 1 is 0.957 bits per heavy atom. The monoisotopic (exact) mass is 307 g/mol. The number of carbonyl (C=O) groups is 1. The first-order valence-electron chi connectivity index (χ1n) is 6.84. The highest BCUT2D eigenvalue weighted by molar-refractivity contribution is 5.74. The van der Waals surface area contributed by atoms with Crippen LogP contribution in [0.15, 0.2) is 55.0 Å². The summed E-state index contributed by atoms with van der Waals surface area (Å²) in [5.41, 5.74) is 1.91. The van der Waals surface area contributed by atoms with Crippen molar-refractivity contribution in [3.05, 3.63) is 60.6 Å². The van der Waals surface area contributed by atoms with E-state index in [1.165, 1.54) is 0 Å². The number of nitrogens with zero attached hydrogens (tertiary/aromatic N) is 3. The first-order valence-corrected chi connectivity index (χ1v) is 6.84. The number of hydrogen-bond acceptors (Lipinski definition) is 6. The van der Waals surface area contributed by atoms with Crippen LogP contribution < -0.4 is 9.47 Å². The molecule has 0 saturated carbocycles. The van der Waals surface area contributed by atoms with Gasteiger partial charge in [-0.05, 0) is 30.3 Å². The van der Waals surface area contributed by atoms with Crippen molar-refractivity contribution in [1.82, 2.24) is 15.0 Å². The average Bonchev–Trinajstić information content (AvgIpc) is 2.63. The number of hydrogen-bond donors (Lipinski definition) is 0. The average molecular weight is 307 g/mol. The fraction of sp³-hybridized carbons (Fsp3) is 0.0588. The molecule has 0 aliphatic rings. The zero-order valence-electron chi connectivity index (χ0n) is 12.3. The van der Waals surface area contributed by atoms with E-state index in [2.05, 4.69) is 15.0 Å². The summed E-state index contributed by atoms with van der Waals surface area (Å²) in [7, 11) is 1.56. The molecule has 0 bridgehead atoms. The van der Waals surface area contributed by atoms with Gasteiger partial charge >= 0.3 is 0 Å². The van der Waals surface area contributed by atoms with Crippen molar-refractivity contribution >= 4 is 6.29 Å². The summed E-state index contributed by atoms with van der Waals surface area (Å²) in [4.78, 5) is 23.4. The Morgan fingerprint density at radius 3 is 2.39 bits per heavy atom. The Kier molecular flexibility index (Phi) is 4.24. The van der Waals surface area contributed by atoms with Gasteiger partial charge in [-0.2, -0.15) is 0 Å². The smallest absolute Gasteiger partial charge is 0.246 e. The van der Waals surface area contributed by atoms with Gasteiger partial charge in [0.2, 0.25) is 11.8 Å². The largest absolute Gasteiger partial charge is 0.481 e. The lowest BCUT2D eigenvalue weighted by Crippen LogP contribution is -1.95. The molecular weight excluding hydrogens is 294 g/mol. The first kappa shape index (κ1) is 14.6. The maximum absolute atomic E-state index is 10.7. The second-order valence-corrected chi connectivity index (χ2v) is 4.59. The molecule has 2 aromatic heterocycles. The van der Waals surface area contributed by atoms with Crippen LogP contribution >= 0.6 is 0 Å². The summed E-state index contributed by atoms with van der Waals surface area (Å²) in [5.74, 6) is 1.45. The topological polar surface area (TPSA) is 74.2 Å². The molecule has 0 radical (unpaired) electrons. The number of benzene rings is 1. The summed E-state index contributed by atoms with van der Waals surface area (Å²) in [6.45, 7) is 0. The molecule has 0 saturated heterocycles. The highest BCUT2D eigenvalue weighted by Crippen LogP contribution is 2.29. The van der Waals surface area contributed by atoms with Crippen molar-refractivity contribution < 1.29 is 14.3 Å². The Bertz CT molecular complexity index is 802. The van der Waals surface area contributed by atoms with Crippen LogP contribution in [-0.4, -0.2) is 28.3 Å². The third-order valence-corrected chi connectivity index (χ3v) is 3.11. The minimum Gasteiger partial charge on any atom is -0.481 e. The van der Waals surface area contributed by atoms with Crippen molar-refractivity contribution in [2.75, 3.05) is 7.11 Å². The van der Waals surface area contributed by atoms with E-state index < -0.39 is 0 Å². The maximum atomic E-state index is 10.7. The molecule has 6 heteroatoms. The third-order valence-electron chi connectivity index (χ3n) is 3.11. The van der Waals surface area contributed by atoms with E-state index in [-0.39, 0.29) is 0 Å². The van der Waals surface area contributed by atoms with Crippen LogP contribution in [0.4, 0.5) is 0 Å². The Balaban J connectivity index is 1.91. The zero-order chi connectivity index (χ0) is 16.1. The van der Waals surface area contributed by atoms with Crippen LogP contribution in [0, 0.1) is 0 Å². The van der Waals surface area contributed by atoms with Gasteiger partial charge in [-0.3, -0.25) is 4.79 Å². The normalized spacial score (nSPS) is 10.1. The van der Waals surface area contributed by atoms with Crippen LogP contribution in [-0.2, 0) is 0 Å². The Morgan fingerprint density at radius 2 is 1.74 bits per heavy atom. The van der Waals surface area contributed by atoms with Crippen LogP contribution in [0.3, 0.4) is 0 Å². The lowest BCUT2D eigenvalue weighted by molar-refractivity contribution is 0.112. The molecule has 0 N–H and O–H groups in total. The SMILES string of the molecule is COc1ccc(-c2nccnc2Oc2ccc(C=O)cc2)cn1. The number of rotatable bonds is 5. The van der Waals surface area contributed by atoms with Gasteiger partial charge in [-0.1, -0.05) is 0 Å². The van der Waals surface area contributed by atoms with Crippen LogP contribution in [0.2, 0.25) is 0 Å². The van der Waals surface area contributed by atoms with Gasteiger partial charge in [0.05, 0.1) is 7.11 Å². The Labute approximate surface area is 132 Å². The molecule has 0 aliphatic heterocycles. The van der Waals surface area contributed by atoms with E-state index in [9.17, 15) is 4.79 Å². The van der Waals surface area contributed by atoms with Gasteiger partial charge in [-0.15, -0.1) is 0 Å². The summed E-state index contributed by atoms with van der Waals surface area (Å²) in [6.07, 6.45) is 5.56. The molecule has 0 amide bonds. The van der Waals surface area contributed by atoms with Crippen LogP contribution in [0.1, 0.15) is 10.4 Å². The lowest BCUT2D eigenvalue weighted by Gasteiger charge is -2.09. The second kappa shape index (κ2) is 6.65. The van der Waals surface area contributed by atoms with Gasteiger partial charge < -0.3 is 9.47 Å². The summed E-state index contributed by atoms with van der Waals surface area (Å²) >= 11 is 0. The summed E-state index contributed by atoms with van der Waals surface area (Å²) in [6, 6.07) is 10.3. The molecule has 6 nitrogen and oxygen atoms in total. The second-order valence-electron chi connectivity index (χ2n) is 4.59. The van der Waals surface area contributed by atoms with E-state index in [4.69, 9.17) is 9.47 Å². The predicted octanol–water partition coefficient (Wildman–Crippen LogP) is 3.15. The van der Waals surface area contributed by atoms with Crippen LogP contribution in [0.5, 0.6) is 17.5 Å². The molecular formula is C17H13N3O3. The summed E-state index contributed by atoms with van der Waals surface area (Å²) in [5, 5.41) is 0. The molecule has 2 heterocycles. The first-order chi connectivity index (χ1) is 11.3. The maximum Gasteiger partial charge on any atom is 0.246 e. The number of carbonyl (C=O) groups excluding carboxylic acids is 1. The minimum absolute atomic E-state index is 0.360. The molecule has 0 spiro atoms. The molecule has 3 aromatic rings. The zero-order valence-corrected chi connectivity index (χ0v) is 12.3. The van der Waals surface area contributed by atoms with Crippen molar-refractivity contribution in [3.8, 4) is 28.8 Å². The number of aromatic nitrogens is 3. The molecule has 0 unspecified atom stereocenters. The molecule has 3 rings (SSSR count).